The van der Waals surface area contributed by atoms with Gasteiger partial charge in [-0.25, -0.2) is 4.39 Å². The van der Waals surface area contributed by atoms with Crippen LogP contribution in [0.4, 0.5) is 4.39 Å². The molecule has 1 aromatic carbocycles. The lowest BCUT2D eigenvalue weighted by Crippen LogP contribution is -2.53. The normalized spacial score (nSPS) is 18.2. The zero-order valence-electron chi connectivity index (χ0n) is 13.8. The molecule has 22 heavy (non-hydrogen) atoms. The van der Waals surface area contributed by atoms with Gasteiger partial charge in [0.25, 0.3) is 0 Å². The number of benzene rings is 1. The Morgan fingerprint density at radius 2 is 2.00 bits per heavy atom. The van der Waals surface area contributed by atoms with Crippen molar-refractivity contribution >= 4 is 5.91 Å². The molecule has 1 heterocycles. The Morgan fingerprint density at radius 1 is 1.32 bits per heavy atom. The van der Waals surface area contributed by atoms with Crippen LogP contribution in [0.2, 0.25) is 0 Å². The lowest BCUT2D eigenvalue weighted by atomic mass is 10.1. The molecule has 1 atom stereocenters. The van der Waals surface area contributed by atoms with E-state index >= 15 is 0 Å². The van der Waals surface area contributed by atoms with E-state index in [1.165, 1.54) is 12.1 Å². The molecule has 4 nitrogen and oxygen atoms in total. The van der Waals surface area contributed by atoms with Gasteiger partial charge in [-0.15, -0.1) is 0 Å². The molecule has 0 spiro atoms. The first-order valence-corrected chi connectivity index (χ1v) is 7.97. The molecule has 0 N–H and O–H groups in total. The Balaban J connectivity index is 1.90. The van der Waals surface area contributed by atoms with Crippen molar-refractivity contribution in [1.29, 1.82) is 0 Å². The lowest BCUT2D eigenvalue weighted by molar-refractivity contribution is -0.136. The van der Waals surface area contributed by atoms with Crippen molar-refractivity contribution in [3.05, 3.63) is 35.6 Å². The van der Waals surface area contributed by atoms with E-state index in [1.54, 1.807) is 18.0 Å². The molecule has 1 aliphatic heterocycles. The second kappa shape index (κ2) is 7.70. The Labute approximate surface area is 132 Å². The number of halogens is 1. The van der Waals surface area contributed by atoms with Crippen LogP contribution in [0, 0.1) is 5.82 Å². The van der Waals surface area contributed by atoms with Crippen molar-refractivity contribution < 1.29 is 9.18 Å². The summed E-state index contributed by atoms with van der Waals surface area (Å²) in [5, 5.41) is 0. The van der Waals surface area contributed by atoms with Crippen LogP contribution in [-0.2, 0) is 11.3 Å². The minimum atomic E-state index is -0.262. The fourth-order valence-electron chi connectivity index (χ4n) is 2.93. The van der Waals surface area contributed by atoms with Crippen molar-refractivity contribution in [3.8, 4) is 0 Å². The Hall–Kier alpha value is -1.46. The van der Waals surface area contributed by atoms with Crippen LogP contribution in [0.15, 0.2) is 24.3 Å². The van der Waals surface area contributed by atoms with Crippen LogP contribution in [0.25, 0.3) is 0 Å². The minimum absolute atomic E-state index is 0.0919. The number of hydrogen-bond donors (Lipinski definition) is 0. The summed E-state index contributed by atoms with van der Waals surface area (Å²) >= 11 is 0. The maximum atomic E-state index is 13.2. The number of amides is 1. The molecule has 1 amide bonds. The minimum Gasteiger partial charge on any atom is -0.340 e. The number of nitrogens with zero attached hydrogens (tertiary/aromatic N) is 3. The number of hydrogen-bond acceptors (Lipinski definition) is 3. The number of piperazine rings is 1. The highest BCUT2D eigenvalue weighted by Crippen LogP contribution is 2.11. The molecule has 1 unspecified atom stereocenters. The van der Waals surface area contributed by atoms with Gasteiger partial charge < -0.3 is 9.80 Å². The first kappa shape index (κ1) is 16.9. The van der Waals surface area contributed by atoms with Gasteiger partial charge in [-0.1, -0.05) is 19.1 Å². The molecule has 0 aromatic heterocycles. The van der Waals surface area contributed by atoms with Gasteiger partial charge in [-0.3, -0.25) is 9.69 Å². The molecule has 0 saturated carbocycles. The van der Waals surface area contributed by atoms with Gasteiger partial charge in [-0.05, 0) is 31.2 Å². The molecule has 1 aromatic rings. The Bertz CT molecular complexity index is 500. The topological polar surface area (TPSA) is 26.8 Å². The molecule has 0 radical (unpaired) electrons. The number of carbonyl (C=O) groups is 1. The molecule has 2 rings (SSSR count). The van der Waals surface area contributed by atoms with Crippen molar-refractivity contribution in [1.82, 2.24) is 14.7 Å². The van der Waals surface area contributed by atoms with Crippen LogP contribution in [-0.4, -0.2) is 66.4 Å². The van der Waals surface area contributed by atoms with E-state index in [4.69, 9.17) is 0 Å². The van der Waals surface area contributed by atoms with Gasteiger partial charge in [0.05, 0.1) is 6.04 Å². The van der Waals surface area contributed by atoms with Crippen molar-refractivity contribution in [3.63, 3.8) is 0 Å². The standard InChI is InChI=1S/C17H26FN3O/c1-4-20-8-10-21(11-9-20)14(2)17(22)19(3)13-15-6-5-7-16(18)12-15/h5-7,12,14H,4,8-11,13H2,1-3H3. The maximum absolute atomic E-state index is 13.2. The zero-order chi connectivity index (χ0) is 16.1. The highest BCUT2D eigenvalue weighted by atomic mass is 19.1. The van der Waals surface area contributed by atoms with E-state index in [-0.39, 0.29) is 17.8 Å². The summed E-state index contributed by atoms with van der Waals surface area (Å²) in [5.41, 5.74) is 0.818. The van der Waals surface area contributed by atoms with Crippen molar-refractivity contribution in [2.24, 2.45) is 0 Å². The Morgan fingerprint density at radius 3 is 2.59 bits per heavy atom. The van der Waals surface area contributed by atoms with Crippen LogP contribution in [0.3, 0.4) is 0 Å². The fraction of sp³-hybridized carbons (Fsp3) is 0.588. The van der Waals surface area contributed by atoms with E-state index in [0.717, 1.165) is 38.3 Å². The largest absolute Gasteiger partial charge is 0.340 e. The predicted octanol–water partition coefficient (Wildman–Crippen LogP) is 1.81. The summed E-state index contributed by atoms with van der Waals surface area (Å²) in [6.45, 7) is 9.51. The van der Waals surface area contributed by atoms with E-state index in [1.807, 2.05) is 13.0 Å². The van der Waals surface area contributed by atoms with E-state index in [0.29, 0.717) is 6.54 Å². The van der Waals surface area contributed by atoms with Gasteiger partial charge >= 0.3 is 0 Å². The lowest BCUT2D eigenvalue weighted by Gasteiger charge is -2.38. The fourth-order valence-corrected chi connectivity index (χ4v) is 2.93. The summed E-state index contributed by atoms with van der Waals surface area (Å²) in [6.07, 6.45) is 0. The third-order valence-electron chi connectivity index (χ3n) is 4.44. The van der Waals surface area contributed by atoms with Crippen LogP contribution < -0.4 is 0 Å². The number of rotatable bonds is 5. The van der Waals surface area contributed by atoms with Gasteiger partial charge in [0, 0.05) is 39.8 Å². The molecule has 0 aliphatic carbocycles. The van der Waals surface area contributed by atoms with Crippen molar-refractivity contribution in [2.75, 3.05) is 39.8 Å². The first-order chi connectivity index (χ1) is 10.5. The third kappa shape index (κ3) is 4.27. The van der Waals surface area contributed by atoms with Gasteiger partial charge in [-0.2, -0.15) is 0 Å². The predicted molar refractivity (Wildman–Crippen MR) is 86.0 cm³/mol. The SMILES string of the molecule is CCN1CCN(C(C)C(=O)N(C)Cc2cccc(F)c2)CC1. The van der Waals surface area contributed by atoms with Gasteiger partial charge in [0.1, 0.15) is 5.82 Å². The summed E-state index contributed by atoms with van der Waals surface area (Å²) in [7, 11) is 1.78. The number of likely N-dealkylation sites (N-methyl/N-ethyl adjacent to an activating group) is 2. The van der Waals surface area contributed by atoms with Gasteiger partial charge in [0.2, 0.25) is 5.91 Å². The summed E-state index contributed by atoms with van der Waals surface area (Å²) in [4.78, 5) is 18.9. The molecular weight excluding hydrogens is 281 g/mol. The first-order valence-electron chi connectivity index (χ1n) is 7.97. The highest BCUT2D eigenvalue weighted by Gasteiger charge is 2.27. The summed E-state index contributed by atoms with van der Waals surface area (Å²) in [5.74, 6) is -0.170. The average Bonchev–Trinajstić information content (AvgIpc) is 2.53. The van der Waals surface area contributed by atoms with Crippen LogP contribution in [0.5, 0.6) is 0 Å². The van der Waals surface area contributed by atoms with Crippen LogP contribution >= 0.6 is 0 Å². The quantitative estimate of drug-likeness (QED) is 0.830. The third-order valence-corrected chi connectivity index (χ3v) is 4.44. The maximum Gasteiger partial charge on any atom is 0.239 e. The molecule has 5 heteroatoms. The van der Waals surface area contributed by atoms with E-state index in [9.17, 15) is 9.18 Å². The van der Waals surface area contributed by atoms with Crippen molar-refractivity contribution in [2.45, 2.75) is 26.4 Å². The molecule has 0 bridgehead atoms. The van der Waals surface area contributed by atoms with E-state index < -0.39 is 0 Å². The second-order valence-electron chi connectivity index (χ2n) is 5.97. The Kier molecular flexibility index (Phi) is 5.91. The van der Waals surface area contributed by atoms with E-state index in [2.05, 4.69) is 16.7 Å². The monoisotopic (exact) mass is 307 g/mol. The molecular formula is C17H26FN3O. The average molecular weight is 307 g/mol. The summed E-state index contributed by atoms with van der Waals surface area (Å²) < 4.78 is 13.2. The summed E-state index contributed by atoms with van der Waals surface area (Å²) in [6, 6.07) is 6.29. The van der Waals surface area contributed by atoms with Gasteiger partial charge in [0.15, 0.2) is 0 Å². The van der Waals surface area contributed by atoms with Crippen LogP contribution in [0.1, 0.15) is 19.4 Å². The second-order valence-corrected chi connectivity index (χ2v) is 5.97. The number of carbonyl (C=O) groups excluding carboxylic acids is 1. The smallest absolute Gasteiger partial charge is 0.239 e. The zero-order valence-corrected chi connectivity index (χ0v) is 13.8. The molecule has 122 valence electrons. The molecule has 1 fully saturated rings. The molecule has 1 saturated heterocycles. The highest BCUT2D eigenvalue weighted by molar-refractivity contribution is 5.81. The molecule has 1 aliphatic rings.